The van der Waals surface area contributed by atoms with E-state index in [4.69, 9.17) is 0 Å². The zero-order chi connectivity index (χ0) is 16.1. The smallest absolute Gasteiger partial charge is 0.225 e. The molecule has 2 aliphatic rings. The molecule has 0 aliphatic carbocycles. The molecule has 126 valence electrons. The van der Waals surface area contributed by atoms with Crippen LogP contribution in [0, 0.1) is 0 Å². The van der Waals surface area contributed by atoms with Gasteiger partial charge in [-0.3, -0.25) is 4.79 Å². The van der Waals surface area contributed by atoms with Crippen LogP contribution in [0.5, 0.6) is 0 Å². The Morgan fingerprint density at radius 2 is 2.04 bits per heavy atom. The third-order valence-corrected chi connectivity index (χ3v) is 4.93. The summed E-state index contributed by atoms with van der Waals surface area (Å²) >= 11 is 0. The van der Waals surface area contributed by atoms with Crippen molar-refractivity contribution in [2.45, 2.75) is 32.2 Å². The molecule has 2 aliphatic heterocycles. The maximum Gasteiger partial charge on any atom is 0.225 e. The Bertz CT molecular complexity index is 520. The summed E-state index contributed by atoms with van der Waals surface area (Å²) in [6.07, 6.45) is 2.85. The van der Waals surface area contributed by atoms with Gasteiger partial charge in [0.2, 0.25) is 5.91 Å². The highest BCUT2D eigenvalue weighted by molar-refractivity contribution is 5.94. The largest absolute Gasteiger partial charge is 0.367 e. The topological polar surface area (TPSA) is 47.6 Å². The summed E-state index contributed by atoms with van der Waals surface area (Å²) in [5, 5.41) is 6.51. The molecule has 0 radical (unpaired) electrons. The molecule has 0 spiro atoms. The van der Waals surface area contributed by atoms with E-state index in [9.17, 15) is 4.79 Å². The third-order valence-electron chi connectivity index (χ3n) is 4.93. The Kier molecular flexibility index (Phi) is 5.51. The maximum absolute atomic E-state index is 12.3. The number of carbonyl (C=O) groups is 1. The minimum absolute atomic E-state index is 0.115. The SMILES string of the molecule is CCN1CCN(c2ccccc2NC(=O)CC2CCCN2)CC1. The Morgan fingerprint density at radius 3 is 2.74 bits per heavy atom. The first-order valence-electron chi connectivity index (χ1n) is 8.86. The van der Waals surface area contributed by atoms with Crippen LogP contribution in [0.1, 0.15) is 26.2 Å². The van der Waals surface area contributed by atoms with Crippen LogP contribution in [0.25, 0.3) is 0 Å². The predicted molar refractivity (Wildman–Crippen MR) is 95.0 cm³/mol. The molecule has 1 unspecified atom stereocenters. The second-order valence-corrected chi connectivity index (χ2v) is 6.48. The first-order valence-corrected chi connectivity index (χ1v) is 8.86. The van der Waals surface area contributed by atoms with Crippen molar-refractivity contribution in [2.24, 2.45) is 0 Å². The van der Waals surface area contributed by atoms with E-state index in [0.29, 0.717) is 12.5 Å². The Labute approximate surface area is 139 Å². The molecule has 0 bridgehead atoms. The average Bonchev–Trinajstić information content (AvgIpc) is 3.08. The van der Waals surface area contributed by atoms with Crippen LogP contribution in [0.15, 0.2) is 24.3 Å². The summed E-state index contributed by atoms with van der Waals surface area (Å²) in [6.45, 7) is 8.57. The monoisotopic (exact) mass is 316 g/mol. The number of likely N-dealkylation sites (N-methyl/N-ethyl adjacent to an activating group) is 1. The maximum atomic E-state index is 12.3. The van der Waals surface area contributed by atoms with Gasteiger partial charge in [-0.1, -0.05) is 19.1 Å². The quantitative estimate of drug-likeness (QED) is 0.871. The Hall–Kier alpha value is -1.59. The van der Waals surface area contributed by atoms with Gasteiger partial charge in [0.15, 0.2) is 0 Å². The summed E-state index contributed by atoms with van der Waals surface area (Å²) in [5.41, 5.74) is 2.09. The van der Waals surface area contributed by atoms with Crippen LogP contribution in [0.3, 0.4) is 0 Å². The molecule has 2 fully saturated rings. The highest BCUT2D eigenvalue weighted by Crippen LogP contribution is 2.27. The number of hydrogen-bond acceptors (Lipinski definition) is 4. The van der Waals surface area contributed by atoms with Crippen molar-refractivity contribution in [2.75, 3.05) is 49.5 Å². The lowest BCUT2D eigenvalue weighted by Crippen LogP contribution is -2.46. The molecule has 5 nitrogen and oxygen atoms in total. The highest BCUT2D eigenvalue weighted by atomic mass is 16.1. The lowest BCUT2D eigenvalue weighted by molar-refractivity contribution is -0.116. The average molecular weight is 316 g/mol. The van der Waals surface area contributed by atoms with Gasteiger partial charge >= 0.3 is 0 Å². The molecule has 1 aromatic carbocycles. The van der Waals surface area contributed by atoms with Crippen LogP contribution in [0.4, 0.5) is 11.4 Å². The van der Waals surface area contributed by atoms with E-state index in [1.807, 2.05) is 12.1 Å². The van der Waals surface area contributed by atoms with Crippen molar-refractivity contribution in [1.29, 1.82) is 0 Å². The summed E-state index contributed by atoms with van der Waals surface area (Å²) in [6, 6.07) is 8.52. The highest BCUT2D eigenvalue weighted by Gasteiger charge is 2.21. The van der Waals surface area contributed by atoms with E-state index in [0.717, 1.165) is 57.1 Å². The van der Waals surface area contributed by atoms with Crippen molar-refractivity contribution in [3.63, 3.8) is 0 Å². The molecular formula is C18H28N4O. The van der Waals surface area contributed by atoms with Crippen LogP contribution in [-0.2, 0) is 4.79 Å². The van der Waals surface area contributed by atoms with Gasteiger partial charge in [0.1, 0.15) is 0 Å². The van der Waals surface area contributed by atoms with Gasteiger partial charge < -0.3 is 20.4 Å². The number of nitrogens with one attached hydrogen (secondary N) is 2. The molecule has 0 aromatic heterocycles. The Morgan fingerprint density at radius 1 is 1.26 bits per heavy atom. The van der Waals surface area contributed by atoms with Crippen molar-refractivity contribution >= 4 is 17.3 Å². The van der Waals surface area contributed by atoms with Crippen molar-refractivity contribution < 1.29 is 4.79 Å². The van der Waals surface area contributed by atoms with Gasteiger partial charge in [0, 0.05) is 38.6 Å². The van der Waals surface area contributed by atoms with E-state index >= 15 is 0 Å². The fourth-order valence-corrected chi connectivity index (χ4v) is 3.52. The van der Waals surface area contributed by atoms with E-state index in [1.54, 1.807) is 0 Å². The zero-order valence-electron chi connectivity index (χ0n) is 14.1. The number of carbonyl (C=O) groups excluding carboxylic acids is 1. The predicted octanol–water partition coefficient (Wildman–Crippen LogP) is 1.91. The summed E-state index contributed by atoms with van der Waals surface area (Å²) in [5.74, 6) is 0.115. The van der Waals surface area contributed by atoms with Gasteiger partial charge in [-0.25, -0.2) is 0 Å². The molecule has 0 saturated carbocycles. The van der Waals surface area contributed by atoms with E-state index in [-0.39, 0.29) is 5.91 Å². The van der Waals surface area contributed by atoms with Crippen LogP contribution in [0.2, 0.25) is 0 Å². The third kappa shape index (κ3) is 4.24. The lowest BCUT2D eigenvalue weighted by atomic mass is 10.1. The molecule has 23 heavy (non-hydrogen) atoms. The fourth-order valence-electron chi connectivity index (χ4n) is 3.52. The van der Waals surface area contributed by atoms with Gasteiger partial charge in [-0.05, 0) is 38.1 Å². The minimum Gasteiger partial charge on any atom is -0.367 e. The number of amides is 1. The number of hydrogen-bond donors (Lipinski definition) is 2. The fraction of sp³-hybridized carbons (Fsp3) is 0.611. The molecular weight excluding hydrogens is 288 g/mol. The van der Waals surface area contributed by atoms with Gasteiger partial charge in [-0.2, -0.15) is 0 Å². The first kappa shape index (κ1) is 16.3. The van der Waals surface area contributed by atoms with Gasteiger partial charge in [-0.15, -0.1) is 0 Å². The minimum atomic E-state index is 0.115. The molecule has 1 amide bonds. The second-order valence-electron chi connectivity index (χ2n) is 6.48. The molecule has 1 aromatic rings. The standard InChI is InChI=1S/C18H28N4O/c1-2-21-10-12-22(13-11-21)17-8-4-3-7-16(17)20-18(23)14-15-6-5-9-19-15/h3-4,7-8,15,19H,2,5-6,9-14H2,1H3,(H,20,23). The number of para-hydroxylation sites is 2. The summed E-state index contributed by atoms with van der Waals surface area (Å²) < 4.78 is 0. The summed E-state index contributed by atoms with van der Waals surface area (Å²) in [4.78, 5) is 17.2. The van der Waals surface area contributed by atoms with Crippen molar-refractivity contribution in [1.82, 2.24) is 10.2 Å². The van der Waals surface area contributed by atoms with E-state index in [2.05, 4.69) is 39.5 Å². The molecule has 5 heteroatoms. The Balaban J connectivity index is 1.62. The van der Waals surface area contributed by atoms with Crippen molar-refractivity contribution in [3.05, 3.63) is 24.3 Å². The van der Waals surface area contributed by atoms with Gasteiger partial charge in [0.25, 0.3) is 0 Å². The van der Waals surface area contributed by atoms with Crippen molar-refractivity contribution in [3.8, 4) is 0 Å². The number of rotatable bonds is 5. The number of anilines is 2. The first-order chi connectivity index (χ1) is 11.3. The summed E-state index contributed by atoms with van der Waals surface area (Å²) in [7, 11) is 0. The van der Waals surface area contributed by atoms with E-state index < -0.39 is 0 Å². The molecule has 3 rings (SSSR count). The van der Waals surface area contributed by atoms with E-state index in [1.165, 1.54) is 6.42 Å². The number of nitrogens with zero attached hydrogens (tertiary/aromatic N) is 2. The molecule has 1 atom stereocenters. The van der Waals surface area contributed by atoms with Crippen LogP contribution in [-0.4, -0.2) is 56.1 Å². The number of benzene rings is 1. The lowest BCUT2D eigenvalue weighted by Gasteiger charge is -2.36. The number of piperazine rings is 1. The molecule has 2 N–H and O–H groups in total. The second kappa shape index (κ2) is 7.79. The zero-order valence-corrected chi connectivity index (χ0v) is 14.1. The molecule has 2 saturated heterocycles. The van der Waals surface area contributed by atoms with Crippen LogP contribution < -0.4 is 15.5 Å². The van der Waals surface area contributed by atoms with Crippen LogP contribution >= 0.6 is 0 Å². The normalized spacial score (nSPS) is 22.3. The van der Waals surface area contributed by atoms with Gasteiger partial charge in [0.05, 0.1) is 11.4 Å². The molecule has 2 heterocycles.